The number of carbonyl (C=O) groups is 1. The number of Topliss-reactive ketones (excluding diaryl/α,β-unsaturated/α-hetero) is 1. The molecule has 2 heteroatoms. The molecule has 0 bridgehead atoms. The second kappa shape index (κ2) is 8.08. The van der Waals surface area contributed by atoms with Gasteiger partial charge in [-0.3, -0.25) is 4.79 Å². The van der Waals surface area contributed by atoms with Crippen molar-refractivity contribution in [2.75, 3.05) is 11.5 Å². The first kappa shape index (κ1) is 18.0. The van der Waals surface area contributed by atoms with Crippen LogP contribution in [0, 0.1) is 0 Å². The van der Waals surface area contributed by atoms with Crippen LogP contribution in [0.15, 0.2) is 18.2 Å². The zero-order valence-corrected chi connectivity index (χ0v) is 16.4. The molecule has 0 saturated carbocycles. The Morgan fingerprint density at radius 1 is 0.958 bits per heavy atom. The fourth-order valence-corrected chi connectivity index (χ4v) is 8.22. The van der Waals surface area contributed by atoms with Gasteiger partial charge < -0.3 is 0 Å². The highest BCUT2D eigenvalue weighted by Crippen LogP contribution is 2.39. The van der Waals surface area contributed by atoms with E-state index in [0.717, 1.165) is 37.7 Å². The molecule has 1 nitrogen and oxygen atoms in total. The van der Waals surface area contributed by atoms with E-state index in [1.165, 1.54) is 54.7 Å². The van der Waals surface area contributed by atoms with Crippen LogP contribution < -0.4 is 0 Å². The van der Waals surface area contributed by atoms with Gasteiger partial charge in [-0.05, 0) is 55.7 Å². The summed E-state index contributed by atoms with van der Waals surface area (Å²) in [5.41, 5.74) is 3.94. The molecule has 2 aliphatic rings. The van der Waals surface area contributed by atoms with Gasteiger partial charge in [-0.2, -0.15) is 0 Å². The van der Waals surface area contributed by atoms with Gasteiger partial charge in [0.2, 0.25) is 5.78 Å². The smallest absolute Gasteiger partial charge is 0.217 e. The normalized spacial score (nSPS) is 18.6. The summed E-state index contributed by atoms with van der Waals surface area (Å²) in [6.07, 6.45) is 12.0. The van der Waals surface area contributed by atoms with Crippen molar-refractivity contribution in [3.05, 3.63) is 34.9 Å². The number of benzene rings is 1. The van der Waals surface area contributed by atoms with Crippen LogP contribution in [0.4, 0.5) is 0 Å². The first-order chi connectivity index (χ1) is 11.7. The molecule has 1 aliphatic heterocycles. The van der Waals surface area contributed by atoms with E-state index in [2.05, 4.69) is 32.0 Å². The SMILES string of the molecule is CCCC(CCC)(C(=O)c1ccc2c(c1)CCCC2)[S+]1CCCC1. The first-order valence-electron chi connectivity index (χ1n) is 10.1. The van der Waals surface area contributed by atoms with Crippen LogP contribution >= 0.6 is 0 Å². The standard InChI is InChI=1S/C22H33OS/c1-3-13-22(14-4-2,24-15-7-8-16-24)21(23)20-12-11-18-9-5-6-10-19(18)17-20/h11-12,17H,3-10,13-16H2,1-2H3/q+1. The lowest BCUT2D eigenvalue weighted by molar-refractivity contribution is 0.0928. The number of rotatable bonds is 7. The molecule has 132 valence electrons. The van der Waals surface area contributed by atoms with Gasteiger partial charge in [0.15, 0.2) is 4.75 Å². The number of hydrogen-bond donors (Lipinski definition) is 0. The van der Waals surface area contributed by atoms with Crippen LogP contribution in [0.5, 0.6) is 0 Å². The first-order valence-corrected chi connectivity index (χ1v) is 11.6. The molecule has 3 rings (SSSR count). The molecule has 0 atom stereocenters. The van der Waals surface area contributed by atoms with Gasteiger partial charge in [-0.25, -0.2) is 0 Å². The maximum absolute atomic E-state index is 13.7. The van der Waals surface area contributed by atoms with Crippen molar-refractivity contribution in [1.82, 2.24) is 0 Å². The Hall–Kier alpha value is -0.760. The minimum Gasteiger partial charge on any atom is -0.288 e. The highest BCUT2D eigenvalue weighted by Gasteiger charge is 2.53. The molecule has 0 unspecified atom stereocenters. The Balaban J connectivity index is 1.95. The average molecular weight is 346 g/mol. The van der Waals surface area contributed by atoms with E-state index < -0.39 is 0 Å². The molecule has 1 saturated heterocycles. The van der Waals surface area contributed by atoms with Crippen molar-refractivity contribution in [2.24, 2.45) is 0 Å². The van der Waals surface area contributed by atoms with Crippen LogP contribution in [0.2, 0.25) is 0 Å². The van der Waals surface area contributed by atoms with Crippen LogP contribution in [0.3, 0.4) is 0 Å². The quantitative estimate of drug-likeness (QED) is 0.471. The van der Waals surface area contributed by atoms with E-state index in [1.807, 2.05) is 0 Å². The van der Waals surface area contributed by atoms with Crippen molar-refractivity contribution in [3.63, 3.8) is 0 Å². The molecule has 24 heavy (non-hydrogen) atoms. The maximum Gasteiger partial charge on any atom is 0.217 e. The molecular weight excluding hydrogens is 312 g/mol. The van der Waals surface area contributed by atoms with Crippen LogP contribution in [0.25, 0.3) is 0 Å². The molecule has 0 spiro atoms. The van der Waals surface area contributed by atoms with Crippen molar-refractivity contribution < 1.29 is 4.79 Å². The lowest BCUT2D eigenvalue weighted by atomic mass is 9.85. The summed E-state index contributed by atoms with van der Waals surface area (Å²) in [6, 6.07) is 6.66. The second-order valence-electron chi connectivity index (χ2n) is 7.62. The van der Waals surface area contributed by atoms with Gasteiger partial charge in [0.1, 0.15) is 11.5 Å². The molecule has 1 aliphatic carbocycles. The summed E-state index contributed by atoms with van der Waals surface area (Å²) in [7, 11) is 0.295. The fourth-order valence-electron chi connectivity index (χ4n) is 4.76. The van der Waals surface area contributed by atoms with Gasteiger partial charge in [0.05, 0.1) is 0 Å². The summed E-state index contributed by atoms with van der Waals surface area (Å²) < 4.78 is -0.0666. The number of hydrogen-bond acceptors (Lipinski definition) is 1. The molecule has 1 fully saturated rings. The summed E-state index contributed by atoms with van der Waals surface area (Å²) in [6.45, 7) is 4.51. The molecule has 0 amide bonds. The van der Waals surface area contributed by atoms with Gasteiger partial charge in [0, 0.05) is 29.3 Å². The van der Waals surface area contributed by atoms with Gasteiger partial charge in [-0.15, -0.1) is 0 Å². The van der Waals surface area contributed by atoms with E-state index in [1.54, 1.807) is 0 Å². The van der Waals surface area contributed by atoms with Crippen LogP contribution in [-0.4, -0.2) is 22.0 Å². The Bertz CT molecular complexity index is 565. The molecule has 0 radical (unpaired) electrons. The molecule has 1 aromatic carbocycles. The van der Waals surface area contributed by atoms with Crippen molar-refractivity contribution in [2.45, 2.75) is 82.8 Å². The van der Waals surface area contributed by atoms with Gasteiger partial charge >= 0.3 is 0 Å². The number of ketones is 1. The lowest BCUT2D eigenvalue weighted by Crippen LogP contribution is -2.47. The lowest BCUT2D eigenvalue weighted by Gasteiger charge is -2.30. The Labute approximate surface area is 151 Å². The highest BCUT2D eigenvalue weighted by atomic mass is 32.2. The Kier molecular flexibility index (Phi) is 6.07. The zero-order valence-electron chi connectivity index (χ0n) is 15.5. The number of carbonyl (C=O) groups excluding carboxylic acids is 1. The summed E-state index contributed by atoms with van der Waals surface area (Å²) in [4.78, 5) is 13.7. The number of fused-ring (bicyclic) bond motifs is 1. The van der Waals surface area contributed by atoms with Crippen molar-refractivity contribution >= 4 is 16.7 Å². The van der Waals surface area contributed by atoms with E-state index >= 15 is 0 Å². The highest BCUT2D eigenvalue weighted by molar-refractivity contribution is 7.99. The van der Waals surface area contributed by atoms with E-state index in [9.17, 15) is 4.79 Å². The molecule has 1 aromatic rings. The third-order valence-corrected chi connectivity index (χ3v) is 9.18. The van der Waals surface area contributed by atoms with Crippen molar-refractivity contribution in [1.29, 1.82) is 0 Å². The van der Waals surface area contributed by atoms with Crippen LogP contribution in [0.1, 0.15) is 86.7 Å². The van der Waals surface area contributed by atoms with Crippen molar-refractivity contribution in [3.8, 4) is 0 Å². The minimum absolute atomic E-state index is 0.0666. The average Bonchev–Trinajstić information content (AvgIpc) is 3.15. The summed E-state index contributed by atoms with van der Waals surface area (Å²) in [5.74, 6) is 3.05. The topological polar surface area (TPSA) is 17.1 Å². The third kappa shape index (κ3) is 3.45. The second-order valence-corrected chi connectivity index (χ2v) is 10.2. The molecular formula is C22H33OS+. The number of aryl methyl sites for hydroxylation is 2. The molecule has 1 heterocycles. The maximum atomic E-state index is 13.7. The summed E-state index contributed by atoms with van der Waals surface area (Å²) >= 11 is 0. The van der Waals surface area contributed by atoms with E-state index in [-0.39, 0.29) is 4.75 Å². The molecule has 0 N–H and O–H groups in total. The Morgan fingerprint density at radius 3 is 2.21 bits per heavy atom. The van der Waals surface area contributed by atoms with Gasteiger partial charge in [-0.1, -0.05) is 38.8 Å². The van der Waals surface area contributed by atoms with E-state index in [4.69, 9.17) is 0 Å². The fraction of sp³-hybridized carbons (Fsp3) is 0.682. The van der Waals surface area contributed by atoms with E-state index in [0.29, 0.717) is 16.7 Å². The van der Waals surface area contributed by atoms with Crippen LogP contribution in [-0.2, 0) is 23.7 Å². The van der Waals surface area contributed by atoms with Gasteiger partial charge in [0.25, 0.3) is 0 Å². The summed E-state index contributed by atoms with van der Waals surface area (Å²) in [5, 5.41) is 0. The largest absolute Gasteiger partial charge is 0.288 e. The monoisotopic (exact) mass is 345 g/mol. The zero-order chi connectivity index (χ0) is 17.0. The minimum atomic E-state index is -0.0666. The predicted octanol–water partition coefficient (Wildman–Crippen LogP) is 5.50. The molecule has 0 aromatic heterocycles. The third-order valence-electron chi connectivity index (χ3n) is 5.92. The Morgan fingerprint density at radius 2 is 1.58 bits per heavy atom. The predicted molar refractivity (Wildman–Crippen MR) is 106 cm³/mol.